The van der Waals surface area contributed by atoms with Gasteiger partial charge in [-0.2, -0.15) is 0 Å². The number of nitrogens with one attached hydrogen (secondary N) is 1. The molecule has 1 aliphatic heterocycles. The summed E-state index contributed by atoms with van der Waals surface area (Å²) >= 11 is 8.88. The van der Waals surface area contributed by atoms with Crippen molar-refractivity contribution in [2.24, 2.45) is 0 Å². The molecule has 0 radical (unpaired) electrons. The van der Waals surface area contributed by atoms with Crippen LogP contribution in [-0.2, 0) is 4.79 Å². The molecule has 4 rings (SSSR count). The van der Waals surface area contributed by atoms with Crippen LogP contribution in [-0.4, -0.2) is 64.9 Å². The largest absolute Gasteiger partial charge is 0.353 e. The Labute approximate surface area is 193 Å². The molecule has 11 heteroatoms. The Kier molecular flexibility index (Phi) is 7.29. The molecule has 1 N–H and O–H groups in total. The van der Waals surface area contributed by atoms with E-state index in [1.807, 2.05) is 0 Å². The van der Waals surface area contributed by atoms with Crippen LogP contribution in [0.25, 0.3) is 0 Å². The van der Waals surface area contributed by atoms with E-state index >= 15 is 0 Å². The van der Waals surface area contributed by atoms with Crippen LogP contribution in [0.1, 0.15) is 36.0 Å². The summed E-state index contributed by atoms with van der Waals surface area (Å²) in [6, 6.07) is 4.13. The lowest BCUT2D eigenvalue weighted by Gasteiger charge is -2.34. The molecule has 1 saturated carbocycles. The Morgan fingerprint density at radius 3 is 2.65 bits per heavy atom. The highest BCUT2D eigenvalue weighted by atomic mass is 35.5. The number of benzene rings is 1. The van der Waals surface area contributed by atoms with Gasteiger partial charge in [0.05, 0.1) is 16.3 Å². The lowest BCUT2D eigenvalue weighted by Crippen LogP contribution is -2.48. The minimum atomic E-state index is -0.465. The minimum Gasteiger partial charge on any atom is -0.353 e. The monoisotopic (exact) mass is 483 g/mol. The molecular weight excluding hydrogens is 461 g/mol. The lowest BCUT2D eigenvalue weighted by molar-refractivity contribution is -0.119. The fraction of sp³-hybridized carbons (Fsp3) is 0.500. The summed E-state index contributed by atoms with van der Waals surface area (Å²) in [6.07, 6.45) is 4.52. The van der Waals surface area contributed by atoms with Crippen LogP contribution < -0.4 is 10.2 Å². The zero-order valence-corrected chi connectivity index (χ0v) is 19.2. The lowest BCUT2D eigenvalue weighted by atomic mass is 10.1. The molecule has 1 aromatic heterocycles. The maximum Gasteiger partial charge on any atom is 0.255 e. The van der Waals surface area contributed by atoms with Crippen molar-refractivity contribution in [3.05, 3.63) is 34.6 Å². The SMILES string of the molecule is O=C(CSc1nnc(N2CCN(C(=O)c3ccc(F)cc3Cl)CC2)s1)NC1CCCC1. The molecule has 1 aliphatic carbocycles. The first-order valence-electron chi connectivity index (χ1n) is 10.2. The average Bonchev–Trinajstić information content (AvgIpc) is 3.44. The van der Waals surface area contributed by atoms with Crippen LogP contribution in [0.5, 0.6) is 0 Å². The van der Waals surface area contributed by atoms with Gasteiger partial charge in [0.2, 0.25) is 11.0 Å². The van der Waals surface area contributed by atoms with Gasteiger partial charge in [-0.05, 0) is 31.0 Å². The molecule has 0 atom stereocenters. The van der Waals surface area contributed by atoms with E-state index in [4.69, 9.17) is 11.6 Å². The van der Waals surface area contributed by atoms with Gasteiger partial charge in [-0.15, -0.1) is 10.2 Å². The number of rotatable bonds is 6. The van der Waals surface area contributed by atoms with Crippen molar-refractivity contribution in [2.75, 3.05) is 36.8 Å². The number of aromatic nitrogens is 2. The third kappa shape index (κ3) is 5.67. The van der Waals surface area contributed by atoms with Crippen LogP contribution in [0.4, 0.5) is 9.52 Å². The van der Waals surface area contributed by atoms with E-state index in [-0.39, 0.29) is 16.8 Å². The normalized spacial score (nSPS) is 17.2. The summed E-state index contributed by atoms with van der Waals surface area (Å²) < 4.78 is 14.0. The number of carbonyl (C=O) groups is 2. The molecule has 31 heavy (non-hydrogen) atoms. The molecule has 2 fully saturated rings. The quantitative estimate of drug-likeness (QED) is 0.634. The maximum atomic E-state index is 13.2. The first kappa shape index (κ1) is 22.3. The summed E-state index contributed by atoms with van der Waals surface area (Å²) in [4.78, 5) is 28.6. The van der Waals surface area contributed by atoms with Gasteiger partial charge < -0.3 is 15.1 Å². The molecule has 1 saturated heterocycles. The average molecular weight is 484 g/mol. The number of hydrogen-bond donors (Lipinski definition) is 1. The molecule has 1 aromatic carbocycles. The van der Waals surface area contributed by atoms with Crippen LogP contribution in [0.3, 0.4) is 0 Å². The third-order valence-electron chi connectivity index (χ3n) is 5.44. The van der Waals surface area contributed by atoms with Gasteiger partial charge in [0, 0.05) is 32.2 Å². The van der Waals surface area contributed by atoms with Crippen LogP contribution in [0.15, 0.2) is 22.5 Å². The van der Waals surface area contributed by atoms with Crippen molar-refractivity contribution in [1.29, 1.82) is 0 Å². The van der Waals surface area contributed by atoms with Crippen LogP contribution >= 0.6 is 34.7 Å². The number of hydrogen-bond acceptors (Lipinski definition) is 7. The van der Waals surface area contributed by atoms with Gasteiger partial charge in [0.25, 0.3) is 5.91 Å². The summed E-state index contributed by atoms with van der Waals surface area (Å²) in [7, 11) is 0. The summed E-state index contributed by atoms with van der Waals surface area (Å²) in [5.41, 5.74) is 0.307. The van der Waals surface area contributed by atoms with E-state index in [2.05, 4.69) is 20.4 Å². The molecular formula is C20H23ClFN5O2S2. The van der Waals surface area contributed by atoms with Gasteiger partial charge >= 0.3 is 0 Å². The van der Waals surface area contributed by atoms with E-state index in [9.17, 15) is 14.0 Å². The van der Waals surface area contributed by atoms with Crippen molar-refractivity contribution in [2.45, 2.75) is 36.1 Å². The van der Waals surface area contributed by atoms with Crippen molar-refractivity contribution >= 4 is 51.6 Å². The molecule has 7 nitrogen and oxygen atoms in total. The smallest absolute Gasteiger partial charge is 0.255 e. The van der Waals surface area contributed by atoms with Crippen molar-refractivity contribution in [1.82, 2.24) is 20.4 Å². The zero-order chi connectivity index (χ0) is 21.8. The Hall–Kier alpha value is -1.91. The molecule has 2 aliphatic rings. The molecule has 0 spiro atoms. The minimum absolute atomic E-state index is 0.0419. The van der Waals surface area contributed by atoms with Gasteiger partial charge in [-0.1, -0.05) is 47.5 Å². The second-order valence-corrected chi connectivity index (χ2v) is 10.2. The molecule has 2 aromatic rings. The van der Waals surface area contributed by atoms with Gasteiger partial charge in [0.15, 0.2) is 4.34 Å². The Balaban J connectivity index is 1.26. The van der Waals surface area contributed by atoms with Gasteiger partial charge in [-0.25, -0.2) is 4.39 Å². The van der Waals surface area contributed by atoms with Crippen LogP contribution in [0, 0.1) is 5.82 Å². The number of piperazine rings is 1. The second kappa shape index (κ2) is 10.1. The summed E-state index contributed by atoms with van der Waals surface area (Å²) in [6.45, 7) is 2.26. The number of nitrogens with zero attached hydrogens (tertiary/aromatic N) is 4. The topological polar surface area (TPSA) is 78.4 Å². The fourth-order valence-electron chi connectivity index (χ4n) is 3.79. The van der Waals surface area contributed by atoms with E-state index in [1.54, 1.807) is 4.90 Å². The molecule has 166 valence electrons. The summed E-state index contributed by atoms with van der Waals surface area (Å²) in [5, 5.41) is 12.4. The first-order chi connectivity index (χ1) is 15.0. The molecule has 2 amide bonds. The predicted octanol–water partition coefficient (Wildman–Crippen LogP) is 3.44. The molecule has 0 bridgehead atoms. The molecule has 0 unspecified atom stereocenters. The van der Waals surface area contributed by atoms with Gasteiger partial charge in [-0.3, -0.25) is 9.59 Å². The highest BCUT2D eigenvalue weighted by Crippen LogP contribution is 2.29. The zero-order valence-electron chi connectivity index (χ0n) is 16.9. The van der Waals surface area contributed by atoms with Crippen molar-refractivity contribution in [3.8, 4) is 0 Å². The van der Waals surface area contributed by atoms with Gasteiger partial charge in [0.1, 0.15) is 5.82 Å². The standard InChI is InChI=1S/C20H23ClFN5O2S2/c21-16-11-13(22)5-6-15(16)18(29)26-7-9-27(10-8-26)19-24-25-20(31-19)30-12-17(28)23-14-3-1-2-4-14/h5-6,11,14H,1-4,7-10,12H2,(H,23,28). The number of halogens is 2. The Morgan fingerprint density at radius 2 is 1.94 bits per heavy atom. The maximum absolute atomic E-state index is 13.2. The van der Waals surface area contributed by atoms with E-state index in [0.29, 0.717) is 43.5 Å². The number of anilines is 1. The number of amides is 2. The van der Waals surface area contributed by atoms with E-state index < -0.39 is 5.82 Å². The highest BCUT2D eigenvalue weighted by molar-refractivity contribution is 8.01. The van der Waals surface area contributed by atoms with E-state index in [0.717, 1.165) is 28.4 Å². The highest BCUT2D eigenvalue weighted by Gasteiger charge is 2.26. The van der Waals surface area contributed by atoms with E-state index in [1.165, 1.54) is 48.1 Å². The molecule has 2 heterocycles. The summed E-state index contributed by atoms with van der Waals surface area (Å²) in [5.74, 6) is -0.287. The Bertz CT molecular complexity index is 945. The predicted molar refractivity (Wildman–Crippen MR) is 121 cm³/mol. The van der Waals surface area contributed by atoms with Crippen LogP contribution in [0.2, 0.25) is 5.02 Å². The Morgan fingerprint density at radius 1 is 1.19 bits per heavy atom. The first-order valence-corrected chi connectivity index (χ1v) is 12.4. The number of thioether (sulfide) groups is 1. The van der Waals surface area contributed by atoms with Crippen molar-refractivity contribution in [3.63, 3.8) is 0 Å². The second-order valence-electron chi connectivity index (χ2n) is 7.59. The third-order valence-corrected chi connectivity index (χ3v) is 7.87. The van der Waals surface area contributed by atoms with Crippen molar-refractivity contribution < 1.29 is 14.0 Å². The number of carbonyl (C=O) groups excluding carboxylic acids is 2. The fourth-order valence-corrected chi connectivity index (χ4v) is 5.74.